The molecule has 0 aliphatic rings. The maximum Gasteiger partial charge on any atom is 0.165 e. The second kappa shape index (κ2) is 4.82. The van der Waals surface area contributed by atoms with Crippen molar-refractivity contribution in [2.45, 2.75) is 0 Å². The maximum absolute atomic E-state index is 13.6. The van der Waals surface area contributed by atoms with Crippen LogP contribution in [0.25, 0.3) is 0 Å². The molecule has 2 nitrogen and oxygen atoms in total. The zero-order valence-corrected chi connectivity index (χ0v) is 10.2. The van der Waals surface area contributed by atoms with E-state index in [-0.39, 0.29) is 10.7 Å². The Hall–Kier alpha value is -1.45. The van der Waals surface area contributed by atoms with Gasteiger partial charge in [-0.25, -0.2) is 4.39 Å². The van der Waals surface area contributed by atoms with Gasteiger partial charge in [0.05, 0.1) is 21.4 Å². The second-order valence-electron chi connectivity index (χ2n) is 3.47. The summed E-state index contributed by atoms with van der Waals surface area (Å²) < 4.78 is 13.6. The predicted molar refractivity (Wildman–Crippen MR) is 70.6 cm³/mol. The lowest BCUT2D eigenvalue weighted by molar-refractivity contribution is 0.632. The first-order valence-electron chi connectivity index (χ1n) is 4.84. The molecule has 0 atom stereocenters. The molecular weight excluding hydrogens is 262 g/mol. The fraction of sp³-hybridized carbons (Fsp3) is 0. The molecule has 3 N–H and O–H groups in total. The van der Waals surface area contributed by atoms with E-state index < -0.39 is 5.82 Å². The van der Waals surface area contributed by atoms with Crippen LogP contribution in [0.1, 0.15) is 0 Å². The smallest absolute Gasteiger partial charge is 0.165 e. The Bertz CT molecular complexity index is 558. The van der Waals surface area contributed by atoms with Gasteiger partial charge in [0, 0.05) is 5.69 Å². The molecule has 0 aliphatic carbocycles. The van der Waals surface area contributed by atoms with Gasteiger partial charge < -0.3 is 11.1 Å². The van der Waals surface area contributed by atoms with Gasteiger partial charge in [-0.15, -0.1) is 0 Å². The number of halogens is 3. The molecule has 5 heteroatoms. The van der Waals surface area contributed by atoms with Crippen LogP contribution in [0.15, 0.2) is 36.4 Å². The van der Waals surface area contributed by atoms with Crippen LogP contribution in [0, 0.1) is 5.82 Å². The molecule has 88 valence electrons. The lowest BCUT2D eigenvalue weighted by atomic mass is 10.2. The molecule has 0 aromatic heterocycles. The number of nitrogens with two attached hydrogens (primary N) is 1. The number of nitrogen functional groups attached to an aromatic ring is 1. The minimum atomic E-state index is -0.512. The first-order chi connectivity index (χ1) is 8.08. The quantitative estimate of drug-likeness (QED) is 0.791. The highest BCUT2D eigenvalue weighted by molar-refractivity contribution is 6.33. The number of rotatable bonds is 2. The number of hydrogen-bond acceptors (Lipinski definition) is 2. The van der Waals surface area contributed by atoms with E-state index in [2.05, 4.69) is 5.32 Å². The van der Waals surface area contributed by atoms with E-state index >= 15 is 0 Å². The van der Waals surface area contributed by atoms with Gasteiger partial charge in [-0.1, -0.05) is 29.3 Å². The molecule has 17 heavy (non-hydrogen) atoms. The van der Waals surface area contributed by atoms with Crippen molar-refractivity contribution < 1.29 is 4.39 Å². The van der Waals surface area contributed by atoms with Crippen LogP contribution >= 0.6 is 23.2 Å². The van der Waals surface area contributed by atoms with E-state index in [9.17, 15) is 4.39 Å². The topological polar surface area (TPSA) is 38.0 Å². The third kappa shape index (κ3) is 2.62. The minimum absolute atomic E-state index is 0.0570. The average molecular weight is 271 g/mol. The highest BCUT2D eigenvalue weighted by atomic mass is 35.5. The van der Waals surface area contributed by atoms with Gasteiger partial charge in [-0.3, -0.25) is 0 Å². The molecule has 0 heterocycles. The highest BCUT2D eigenvalue weighted by Crippen LogP contribution is 2.30. The second-order valence-corrected chi connectivity index (χ2v) is 4.28. The Morgan fingerprint density at radius 1 is 1.00 bits per heavy atom. The Kier molecular flexibility index (Phi) is 3.41. The normalized spacial score (nSPS) is 10.3. The van der Waals surface area contributed by atoms with Crippen LogP contribution in [0.2, 0.25) is 10.0 Å². The van der Waals surface area contributed by atoms with Crippen molar-refractivity contribution in [3.8, 4) is 0 Å². The summed E-state index contributed by atoms with van der Waals surface area (Å²) >= 11 is 11.7. The van der Waals surface area contributed by atoms with E-state index in [1.54, 1.807) is 30.3 Å². The van der Waals surface area contributed by atoms with Gasteiger partial charge in [0.2, 0.25) is 0 Å². The van der Waals surface area contributed by atoms with Crippen molar-refractivity contribution in [2.24, 2.45) is 0 Å². The number of hydrogen-bond donors (Lipinski definition) is 2. The van der Waals surface area contributed by atoms with Crippen molar-refractivity contribution in [1.29, 1.82) is 0 Å². The summed E-state index contributed by atoms with van der Waals surface area (Å²) in [6.07, 6.45) is 0. The fourth-order valence-corrected chi connectivity index (χ4v) is 1.79. The summed E-state index contributed by atoms with van der Waals surface area (Å²) in [6, 6.07) is 9.65. The Labute approximate surface area is 108 Å². The van der Waals surface area contributed by atoms with Crippen LogP contribution in [-0.2, 0) is 0 Å². The van der Waals surface area contributed by atoms with Crippen molar-refractivity contribution in [3.05, 3.63) is 52.3 Å². The minimum Gasteiger partial charge on any atom is -0.399 e. The molecule has 0 amide bonds. The monoisotopic (exact) mass is 270 g/mol. The molecule has 2 aromatic rings. The standard InChI is InChI=1S/C12H9Cl2FN2/c13-8-2-1-3-11(12(8)15)17-10-5-4-7(16)6-9(10)14/h1-6,17H,16H2. The van der Waals surface area contributed by atoms with E-state index in [1.165, 1.54) is 6.07 Å². The zero-order valence-electron chi connectivity index (χ0n) is 8.68. The SMILES string of the molecule is Nc1ccc(Nc2cccc(Cl)c2F)c(Cl)c1. The maximum atomic E-state index is 13.6. The summed E-state index contributed by atoms with van der Waals surface area (Å²) in [5, 5.41) is 3.34. The van der Waals surface area contributed by atoms with Crippen molar-refractivity contribution >= 4 is 40.3 Å². The molecule has 0 saturated heterocycles. The number of nitrogens with one attached hydrogen (secondary N) is 1. The molecule has 0 spiro atoms. The van der Waals surface area contributed by atoms with Gasteiger partial charge in [0.15, 0.2) is 5.82 Å². The van der Waals surface area contributed by atoms with Gasteiger partial charge in [0.25, 0.3) is 0 Å². The van der Waals surface area contributed by atoms with Crippen molar-refractivity contribution in [2.75, 3.05) is 11.1 Å². The van der Waals surface area contributed by atoms with Crippen LogP contribution in [0.4, 0.5) is 21.5 Å². The largest absolute Gasteiger partial charge is 0.399 e. The van der Waals surface area contributed by atoms with E-state index in [4.69, 9.17) is 28.9 Å². The van der Waals surface area contributed by atoms with Crippen molar-refractivity contribution in [3.63, 3.8) is 0 Å². The molecule has 0 saturated carbocycles. The molecule has 0 bridgehead atoms. The lowest BCUT2D eigenvalue weighted by Gasteiger charge is -2.10. The van der Waals surface area contributed by atoms with Crippen LogP contribution < -0.4 is 11.1 Å². The van der Waals surface area contributed by atoms with E-state index in [1.807, 2.05) is 0 Å². The third-order valence-electron chi connectivity index (χ3n) is 2.21. The van der Waals surface area contributed by atoms with E-state index in [0.29, 0.717) is 16.4 Å². The average Bonchev–Trinajstić information content (AvgIpc) is 2.28. The Morgan fingerprint density at radius 2 is 1.76 bits per heavy atom. The summed E-state index contributed by atoms with van der Waals surface area (Å²) in [5.74, 6) is -0.512. The lowest BCUT2D eigenvalue weighted by Crippen LogP contribution is -1.95. The number of anilines is 3. The summed E-state index contributed by atoms with van der Waals surface area (Å²) in [7, 11) is 0. The predicted octanol–water partition coefficient (Wildman–Crippen LogP) is 4.46. The Balaban J connectivity index is 2.35. The zero-order chi connectivity index (χ0) is 12.4. The molecule has 2 rings (SSSR count). The molecule has 0 fully saturated rings. The molecule has 0 unspecified atom stereocenters. The van der Waals surface area contributed by atoms with Gasteiger partial charge >= 0.3 is 0 Å². The molecule has 0 radical (unpaired) electrons. The van der Waals surface area contributed by atoms with Gasteiger partial charge in [-0.05, 0) is 30.3 Å². The van der Waals surface area contributed by atoms with Gasteiger partial charge in [0.1, 0.15) is 0 Å². The highest BCUT2D eigenvalue weighted by Gasteiger charge is 2.08. The van der Waals surface area contributed by atoms with Crippen molar-refractivity contribution in [1.82, 2.24) is 0 Å². The summed E-state index contributed by atoms with van der Waals surface area (Å²) in [6.45, 7) is 0. The van der Waals surface area contributed by atoms with Gasteiger partial charge in [-0.2, -0.15) is 0 Å². The third-order valence-corrected chi connectivity index (χ3v) is 2.82. The number of benzene rings is 2. The Morgan fingerprint density at radius 3 is 2.47 bits per heavy atom. The first kappa shape index (κ1) is 12.0. The summed E-state index contributed by atoms with van der Waals surface area (Å²) in [4.78, 5) is 0. The van der Waals surface area contributed by atoms with E-state index in [0.717, 1.165) is 0 Å². The molecule has 0 aliphatic heterocycles. The van der Waals surface area contributed by atoms with Crippen LogP contribution in [-0.4, -0.2) is 0 Å². The van der Waals surface area contributed by atoms with Crippen LogP contribution in [0.3, 0.4) is 0 Å². The summed E-state index contributed by atoms with van der Waals surface area (Å²) in [5.41, 5.74) is 6.95. The fourth-order valence-electron chi connectivity index (χ4n) is 1.38. The van der Waals surface area contributed by atoms with Crippen LogP contribution in [0.5, 0.6) is 0 Å². The molecular formula is C12H9Cl2FN2. The molecule has 2 aromatic carbocycles. The first-order valence-corrected chi connectivity index (χ1v) is 5.59.